The van der Waals surface area contributed by atoms with E-state index in [0.717, 1.165) is 6.54 Å². The average Bonchev–Trinajstić information content (AvgIpc) is 2.75. The standard InChI is InChI=1S/C11H20N4O/c1-11(5-3-2-4-6-11)8-13-10-15-14-9(7-12)16-10/h2-8,12H2,1H3,(H,13,15). The summed E-state index contributed by atoms with van der Waals surface area (Å²) >= 11 is 0. The van der Waals surface area contributed by atoms with Crippen molar-refractivity contribution in [2.24, 2.45) is 11.1 Å². The van der Waals surface area contributed by atoms with E-state index >= 15 is 0 Å². The van der Waals surface area contributed by atoms with Crippen LogP contribution in [0.2, 0.25) is 0 Å². The van der Waals surface area contributed by atoms with Crippen molar-refractivity contribution < 1.29 is 4.42 Å². The van der Waals surface area contributed by atoms with Gasteiger partial charge >= 0.3 is 6.01 Å². The second kappa shape index (κ2) is 4.82. The van der Waals surface area contributed by atoms with Crippen molar-refractivity contribution in [3.8, 4) is 0 Å². The van der Waals surface area contributed by atoms with E-state index in [2.05, 4.69) is 22.4 Å². The van der Waals surface area contributed by atoms with E-state index in [1.165, 1.54) is 32.1 Å². The SMILES string of the molecule is CC1(CNc2nnc(CN)o2)CCCCC1. The van der Waals surface area contributed by atoms with Crippen molar-refractivity contribution in [3.05, 3.63) is 5.89 Å². The molecule has 1 aliphatic carbocycles. The highest BCUT2D eigenvalue weighted by atomic mass is 16.4. The summed E-state index contributed by atoms with van der Waals surface area (Å²) in [5.74, 6) is 0.483. The summed E-state index contributed by atoms with van der Waals surface area (Å²) < 4.78 is 5.31. The number of aromatic nitrogens is 2. The van der Waals surface area contributed by atoms with E-state index in [1.54, 1.807) is 0 Å². The Balaban J connectivity index is 1.86. The summed E-state index contributed by atoms with van der Waals surface area (Å²) in [5, 5.41) is 10.9. The molecule has 1 heterocycles. The van der Waals surface area contributed by atoms with Crippen LogP contribution in [0.15, 0.2) is 4.42 Å². The van der Waals surface area contributed by atoms with Gasteiger partial charge in [-0.2, -0.15) is 0 Å². The normalized spacial score (nSPS) is 19.6. The first kappa shape index (κ1) is 11.4. The fraction of sp³-hybridized carbons (Fsp3) is 0.818. The fourth-order valence-electron chi connectivity index (χ4n) is 2.28. The van der Waals surface area contributed by atoms with Crippen molar-refractivity contribution in [3.63, 3.8) is 0 Å². The van der Waals surface area contributed by atoms with Crippen LogP contribution in [-0.2, 0) is 6.54 Å². The van der Waals surface area contributed by atoms with Crippen molar-refractivity contribution in [1.29, 1.82) is 0 Å². The predicted octanol–water partition coefficient (Wildman–Crippen LogP) is 1.91. The summed E-state index contributed by atoms with van der Waals surface area (Å²) in [6.07, 6.45) is 6.58. The van der Waals surface area contributed by atoms with Gasteiger partial charge in [0, 0.05) is 6.54 Å². The Kier molecular flexibility index (Phi) is 3.43. The zero-order chi connectivity index (χ0) is 11.4. The molecule has 2 rings (SSSR count). The molecule has 1 aromatic heterocycles. The second-order valence-electron chi connectivity index (χ2n) is 4.93. The van der Waals surface area contributed by atoms with Gasteiger partial charge in [-0.1, -0.05) is 31.3 Å². The van der Waals surface area contributed by atoms with Crippen LogP contribution in [0, 0.1) is 5.41 Å². The number of anilines is 1. The lowest BCUT2D eigenvalue weighted by Gasteiger charge is -2.33. The molecule has 0 radical (unpaired) electrons. The van der Waals surface area contributed by atoms with E-state index in [-0.39, 0.29) is 0 Å². The summed E-state index contributed by atoms with van der Waals surface area (Å²) in [4.78, 5) is 0. The molecule has 0 amide bonds. The Bertz CT molecular complexity index is 330. The van der Waals surface area contributed by atoms with Crippen molar-refractivity contribution in [2.75, 3.05) is 11.9 Å². The van der Waals surface area contributed by atoms with Gasteiger partial charge in [-0.3, -0.25) is 0 Å². The zero-order valence-corrected chi connectivity index (χ0v) is 9.83. The predicted molar refractivity (Wildman–Crippen MR) is 61.9 cm³/mol. The zero-order valence-electron chi connectivity index (χ0n) is 9.83. The monoisotopic (exact) mass is 224 g/mol. The second-order valence-corrected chi connectivity index (χ2v) is 4.93. The lowest BCUT2D eigenvalue weighted by atomic mass is 9.76. The van der Waals surface area contributed by atoms with Crippen LogP contribution in [0.25, 0.3) is 0 Å². The van der Waals surface area contributed by atoms with Gasteiger partial charge in [0.15, 0.2) is 0 Å². The van der Waals surface area contributed by atoms with E-state index in [4.69, 9.17) is 10.2 Å². The molecule has 1 aromatic rings. The maximum atomic E-state index is 5.40. The first-order valence-electron chi connectivity index (χ1n) is 5.98. The molecule has 90 valence electrons. The van der Waals surface area contributed by atoms with E-state index in [1.807, 2.05) is 0 Å². The smallest absolute Gasteiger partial charge is 0.315 e. The molecule has 0 spiro atoms. The Morgan fingerprint density at radius 2 is 2.06 bits per heavy atom. The average molecular weight is 224 g/mol. The highest BCUT2D eigenvalue weighted by Crippen LogP contribution is 2.35. The number of rotatable bonds is 4. The molecule has 0 aliphatic heterocycles. The Morgan fingerprint density at radius 1 is 1.31 bits per heavy atom. The van der Waals surface area contributed by atoms with Crippen molar-refractivity contribution in [1.82, 2.24) is 10.2 Å². The largest absolute Gasteiger partial charge is 0.407 e. The molecule has 1 fully saturated rings. The third-order valence-electron chi connectivity index (χ3n) is 3.37. The van der Waals surface area contributed by atoms with Gasteiger partial charge in [-0.25, -0.2) is 0 Å². The fourth-order valence-corrected chi connectivity index (χ4v) is 2.28. The summed E-state index contributed by atoms with van der Waals surface area (Å²) in [7, 11) is 0. The molecule has 1 aliphatic rings. The van der Waals surface area contributed by atoms with E-state index < -0.39 is 0 Å². The van der Waals surface area contributed by atoms with E-state index in [0.29, 0.717) is 23.9 Å². The van der Waals surface area contributed by atoms with Gasteiger partial charge in [0.1, 0.15) is 0 Å². The summed E-state index contributed by atoms with van der Waals surface area (Å²) in [6.45, 7) is 3.52. The molecular formula is C11H20N4O. The van der Waals surface area contributed by atoms with Gasteiger partial charge in [0.05, 0.1) is 6.54 Å². The molecular weight excluding hydrogens is 204 g/mol. The van der Waals surface area contributed by atoms with Gasteiger partial charge < -0.3 is 15.5 Å². The molecule has 0 unspecified atom stereocenters. The number of nitrogens with two attached hydrogens (primary N) is 1. The molecule has 16 heavy (non-hydrogen) atoms. The highest BCUT2D eigenvalue weighted by Gasteiger charge is 2.26. The minimum Gasteiger partial charge on any atom is -0.407 e. The quantitative estimate of drug-likeness (QED) is 0.817. The molecule has 5 heteroatoms. The molecule has 0 saturated heterocycles. The summed E-state index contributed by atoms with van der Waals surface area (Å²) in [5.41, 5.74) is 5.77. The molecule has 0 atom stereocenters. The maximum absolute atomic E-state index is 5.40. The van der Waals surface area contributed by atoms with Crippen LogP contribution in [0.3, 0.4) is 0 Å². The first-order valence-corrected chi connectivity index (χ1v) is 5.98. The lowest BCUT2D eigenvalue weighted by Crippen LogP contribution is -2.28. The number of nitrogens with one attached hydrogen (secondary N) is 1. The Morgan fingerprint density at radius 3 is 2.69 bits per heavy atom. The van der Waals surface area contributed by atoms with Crippen LogP contribution in [0.1, 0.15) is 44.9 Å². The highest BCUT2D eigenvalue weighted by molar-refractivity contribution is 5.17. The lowest BCUT2D eigenvalue weighted by molar-refractivity contribution is 0.231. The molecule has 5 nitrogen and oxygen atoms in total. The number of hydrogen-bond donors (Lipinski definition) is 2. The third kappa shape index (κ3) is 2.72. The Labute approximate surface area is 95.8 Å². The third-order valence-corrected chi connectivity index (χ3v) is 3.37. The van der Waals surface area contributed by atoms with Crippen LogP contribution in [-0.4, -0.2) is 16.7 Å². The van der Waals surface area contributed by atoms with Gasteiger partial charge in [0.2, 0.25) is 5.89 Å². The van der Waals surface area contributed by atoms with Crippen LogP contribution < -0.4 is 11.1 Å². The Hall–Kier alpha value is -1.10. The van der Waals surface area contributed by atoms with Crippen LogP contribution >= 0.6 is 0 Å². The van der Waals surface area contributed by atoms with Gasteiger partial charge in [0.25, 0.3) is 0 Å². The number of hydrogen-bond acceptors (Lipinski definition) is 5. The van der Waals surface area contributed by atoms with Crippen molar-refractivity contribution in [2.45, 2.75) is 45.6 Å². The van der Waals surface area contributed by atoms with Gasteiger partial charge in [-0.05, 0) is 18.3 Å². The minimum atomic E-state index is 0.298. The summed E-state index contributed by atoms with van der Waals surface area (Å²) in [6, 6.07) is 0.493. The molecule has 3 N–H and O–H groups in total. The minimum absolute atomic E-state index is 0.298. The van der Waals surface area contributed by atoms with Gasteiger partial charge in [-0.15, -0.1) is 5.10 Å². The first-order chi connectivity index (χ1) is 7.72. The molecule has 1 saturated carbocycles. The van der Waals surface area contributed by atoms with Crippen LogP contribution in [0.5, 0.6) is 0 Å². The van der Waals surface area contributed by atoms with Crippen molar-refractivity contribution >= 4 is 6.01 Å². The topological polar surface area (TPSA) is 77.0 Å². The van der Waals surface area contributed by atoms with Crippen LogP contribution in [0.4, 0.5) is 6.01 Å². The van der Waals surface area contributed by atoms with E-state index in [9.17, 15) is 0 Å². The molecule has 0 bridgehead atoms. The number of nitrogens with zero attached hydrogens (tertiary/aromatic N) is 2. The maximum Gasteiger partial charge on any atom is 0.315 e. The molecule has 0 aromatic carbocycles.